The van der Waals surface area contributed by atoms with Gasteiger partial charge < -0.3 is 15.4 Å². The molecule has 0 bridgehead atoms. The number of halogens is 3. The van der Waals surface area contributed by atoms with Crippen LogP contribution in [0.5, 0.6) is 5.75 Å². The van der Waals surface area contributed by atoms with Crippen molar-refractivity contribution in [1.82, 2.24) is 24.6 Å². The van der Waals surface area contributed by atoms with Crippen LogP contribution in [0.15, 0.2) is 36.5 Å². The lowest BCUT2D eigenvalue weighted by molar-refractivity contribution is -0.274. The molecule has 3 aromatic rings. The fourth-order valence-corrected chi connectivity index (χ4v) is 3.73. The standard InChI is InChI=1S/C21H17F3N6O2/c1-29-9-8-13(28-29)17-16-18(27-20(25)26-17)14(30(19(16)31)12-6-7-12)10-11-4-2-3-5-15(11)32-21(22,23)24/h2-5,8-10,12H,6-7H2,1H3,(H2,25,26,27)/b14-10+. The van der Waals surface area contributed by atoms with Crippen LogP contribution in [0.2, 0.25) is 0 Å². The van der Waals surface area contributed by atoms with Gasteiger partial charge in [0.15, 0.2) is 0 Å². The zero-order valence-electron chi connectivity index (χ0n) is 16.8. The molecule has 11 heteroatoms. The van der Waals surface area contributed by atoms with Crippen molar-refractivity contribution in [3.63, 3.8) is 0 Å². The van der Waals surface area contributed by atoms with E-state index in [0.29, 0.717) is 11.4 Å². The number of carbonyl (C=O) groups is 1. The number of aromatic nitrogens is 4. The zero-order valence-corrected chi connectivity index (χ0v) is 16.8. The minimum Gasteiger partial charge on any atom is -0.405 e. The van der Waals surface area contributed by atoms with Gasteiger partial charge in [-0.15, -0.1) is 13.2 Å². The van der Waals surface area contributed by atoms with E-state index >= 15 is 0 Å². The summed E-state index contributed by atoms with van der Waals surface area (Å²) in [4.78, 5) is 23.5. The topological polar surface area (TPSA) is 99.2 Å². The quantitative estimate of drug-likeness (QED) is 0.664. The third-order valence-electron chi connectivity index (χ3n) is 5.17. The third kappa shape index (κ3) is 3.55. The van der Waals surface area contributed by atoms with Gasteiger partial charge in [-0.2, -0.15) is 5.10 Å². The van der Waals surface area contributed by atoms with Crippen molar-refractivity contribution in [3.05, 3.63) is 53.3 Å². The van der Waals surface area contributed by atoms with Crippen LogP contribution in [0.4, 0.5) is 19.1 Å². The molecule has 1 aromatic carbocycles. The average molecular weight is 442 g/mol. The first-order chi connectivity index (χ1) is 15.2. The Hall–Kier alpha value is -3.89. The molecule has 3 heterocycles. The average Bonchev–Trinajstić information content (AvgIpc) is 3.39. The lowest BCUT2D eigenvalue weighted by atomic mass is 10.1. The molecule has 0 saturated heterocycles. The van der Waals surface area contributed by atoms with Crippen LogP contribution in [0.1, 0.15) is 34.5 Å². The number of nitrogens with two attached hydrogens (primary N) is 1. The van der Waals surface area contributed by atoms with Crippen LogP contribution in [0, 0.1) is 0 Å². The van der Waals surface area contributed by atoms with Gasteiger partial charge >= 0.3 is 6.36 Å². The summed E-state index contributed by atoms with van der Waals surface area (Å²) >= 11 is 0. The lowest BCUT2D eigenvalue weighted by Gasteiger charge is -2.18. The van der Waals surface area contributed by atoms with Crippen LogP contribution in [-0.4, -0.2) is 43.0 Å². The largest absolute Gasteiger partial charge is 0.573 e. The molecule has 32 heavy (non-hydrogen) atoms. The second-order valence-corrected chi connectivity index (χ2v) is 7.55. The number of rotatable bonds is 4. The van der Waals surface area contributed by atoms with Gasteiger partial charge in [-0.05, 0) is 31.1 Å². The number of benzene rings is 1. The Morgan fingerprint density at radius 2 is 1.88 bits per heavy atom. The van der Waals surface area contributed by atoms with Gasteiger partial charge in [0.25, 0.3) is 5.91 Å². The lowest BCUT2D eigenvalue weighted by Crippen LogP contribution is -2.25. The number of para-hydroxylation sites is 1. The van der Waals surface area contributed by atoms with Gasteiger partial charge in [0.1, 0.15) is 22.8 Å². The first kappa shape index (κ1) is 20.0. The molecule has 8 nitrogen and oxygen atoms in total. The number of nitrogen functional groups attached to an aromatic ring is 1. The molecule has 5 rings (SSSR count). The Morgan fingerprint density at radius 3 is 2.53 bits per heavy atom. The molecule has 1 aliphatic heterocycles. The minimum atomic E-state index is -4.85. The number of carbonyl (C=O) groups excluding carboxylic acids is 1. The summed E-state index contributed by atoms with van der Waals surface area (Å²) in [5.41, 5.74) is 7.67. The van der Waals surface area contributed by atoms with E-state index in [1.807, 2.05) is 0 Å². The number of ether oxygens (including phenoxy) is 1. The Kier molecular flexibility index (Phi) is 4.43. The van der Waals surface area contributed by atoms with E-state index in [9.17, 15) is 18.0 Å². The summed E-state index contributed by atoms with van der Waals surface area (Å²) in [5.74, 6) is -0.777. The Balaban J connectivity index is 1.70. The van der Waals surface area contributed by atoms with E-state index < -0.39 is 6.36 Å². The smallest absolute Gasteiger partial charge is 0.405 e. The highest BCUT2D eigenvalue weighted by atomic mass is 19.4. The van der Waals surface area contributed by atoms with Crippen molar-refractivity contribution in [3.8, 4) is 17.1 Å². The molecule has 2 aromatic heterocycles. The number of hydrogen-bond acceptors (Lipinski definition) is 6. The van der Waals surface area contributed by atoms with Gasteiger partial charge in [-0.1, -0.05) is 18.2 Å². The number of amides is 1. The van der Waals surface area contributed by atoms with Crippen molar-refractivity contribution in [1.29, 1.82) is 0 Å². The molecule has 0 spiro atoms. The van der Waals surface area contributed by atoms with Crippen LogP contribution >= 0.6 is 0 Å². The molecular weight excluding hydrogens is 425 g/mol. The first-order valence-corrected chi connectivity index (χ1v) is 9.79. The predicted molar refractivity (Wildman–Crippen MR) is 109 cm³/mol. The Bertz CT molecular complexity index is 1260. The maximum absolute atomic E-state index is 13.4. The van der Waals surface area contributed by atoms with E-state index in [1.165, 1.54) is 24.3 Å². The van der Waals surface area contributed by atoms with Gasteiger partial charge in [0, 0.05) is 24.8 Å². The number of anilines is 1. The summed E-state index contributed by atoms with van der Waals surface area (Å²) in [6, 6.07) is 7.34. The molecule has 1 aliphatic carbocycles. The number of fused-ring (bicyclic) bond motifs is 1. The van der Waals surface area contributed by atoms with Gasteiger partial charge in [-0.25, -0.2) is 9.97 Å². The summed E-state index contributed by atoms with van der Waals surface area (Å²) in [6.07, 6.45) is -0.122. The Morgan fingerprint density at radius 1 is 1.16 bits per heavy atom. The monoisotopic (exact) mass is 442 g/mol. The van der Waals surface area contributed by atoms with Crippen LogP contribution in [0.25, 0.3) is 23.2 Å². The second kappa shape index (κ2) is 7.08. The van der Waals surface area contributed by atoms with Gasteiger partial charge in [0.05, 0.1) is 11.3 Å². The van der Waals surface area contributed by atoms with Crippen LogP contribution in [0.3, 0.4) is 0 Å². The van der Waals surface area contributed by atoms with E-state index in [4.69, 9.17) is 5.73 Å². The maximum atomic E-state index is 13.4. The fourth-order valence-electron chi connectivity index (χ4n) is 3.73. The Labute approximate surface area is 180 Å². The molecule has 0 atom stereocenters. The first-order valence-electron chi connectivity index (χ1n) is 9.79. The molecular formula is C21H17F3N6O2. The minimum absolute atomic E-state index is 0.0689. The summed E-state index contributed by atoms with van der Waals surface area (Å²) in [6.45, 7) is 0. The third-order valence-corrected chi connectivity index (χ3v) is 5.17. The molecule has 2 aliphatic rings. The van der Waals surface area contributed by atoms with Crippen molar-refractivity contribution in [2.75, 3.05) is 5.73 Å². The summed E-state index contributed by atoms with van der Waals surface area (Å²) in [7, 11) is 1.73. The highest BCUT2D eigenvalue weighted by Gasteiger charge is 2.45. The zero-order chi connectivity index (χ0) is 22.6. The SMILES string of the molecule is Cn1ccc(-c2nc(N)nc3c2C(=O)N(C2CC2)/C3=C/c2ccccc2OC(F)(F)F)n1. The van der Waals surface area contributed by atoms with Gasteiger partial charge in [-0.3, -0.25) is 9.48 Å². The molecule has 0 unspecified atom stereocenters. The van der Waals surface area contributed by atoms with Crippen LogP contribution < -0.4 is 10.5 Å². The maximum Gasteiger partial charge on any atom is 0.573 e. The van der Waals surface area contributed by atoms with Crippen molar-refractivity contribution >= 4 is 23.6 Å². The summed E-state index contributed by atoms with van der Waals surface area (Å²) in [5, 5.41) is 4.32. The van der Waals surface area contributed by atoms with Crippen molar-refractivity contribution in [2.45, 2.75) is 25.2 Å². The van der Waals surface area contributed by atoms with Crippen LogP contribution in [-0.2, 0) is 7.05 Å². The molecule has 2 N–H and O–H groups in total. The van der Waals surface area contributed by atoms with E-state index in [0.717, 1.165) is 12.8 Å². The van der Waals surface area contributed by atoms with E-state index in [-0.39, 0.29) is 46.2 Å². The molecule has 1 amide bonds. The van der Waals surface area contributed by atoms with E-state index in [1.54, 1.807) is 35.0 Å². The fraction of sp³-hybridized carbons (Fsp3) is 0.238. The second-order valence-electron chi connectivity index (χ2n) is 7.55. The number of nitrogens with zero attached hydrogens (tertiary/aromatic N) is 5. The van der Waals surface area contributed by atoms with Gasteiger partial charge in [0.2, 0.25) is 5.95 Å². The highest BCUT2D eigenvalue weighted by molar-refractivity contribution is 6.14. The number of hydrogen-bond donors (Lipinski definition) is 1. The number of alkyl halides is 3. The normalized spacial score (nSPS) is 17.2. The molecule has 0 radical (unpaired) electrons. The predicted octanol–water partition coefficient (Wildman–Crippen LogP) is 3.47. The van der Waals surface area contributed by atoms with E-state index in [2.05, 4.69) is 19.8 Å². The molecule has 1 saturated carbocycles. The molecule has 164 valence electrons. The highest BCUT2D eigenvalue weighted by Crippen LogP contribution is 2.44. The van der Waals surface area contributed by atoms with Crippen molar-refractivity contribution < 1.29 is 22.7 Å². The number of aryl methyl sites for hydroxylation is 1. The molecule has 1 fully saturated rings. The summed E-state index contributed by atoms with van der Waals surface area (Å²) < 4.78 is 44.4. The van der Waals surface area contributed by atoms with Crippen molar-refractivity contribution in [2.24, 2.45) is 7.05 Å².